The van der Waals surface area contributed by atoms with E-state index in [2.05, 4.69) is 5.97 Å². The monoisotopic (exact) mass is 386 g/mol. The zero-order valence-corrected chi connectivity index (χ0v) is 16.1. The Hall–Kier alpha value is -2.59. The molecule has 4 nitrogen and oxygen atoms in total. The molecule has 0 radical (unpaired) electrons. The topological polar surface area (TPSA) is 45.5 Å². The van der Waals surface area contributed by atoms with Crippen LogP contribution in [0.25, 0.3) is 0 Å². The number of nitriles is 1. The van der Waals surface area contributed by atoms with Crippen LogP contribution >= 0.6 is 0 Å². The zero-order chi connectivity index (χ0) is 20.2. The Bertz CT molecular complexity index is 748. The van der Waals surface area contributed by atoms with Crippen LogP contribution < -0.4 is 9.64 Å². The first-order valence-corrected chi connectivity index (χ1v) is 9.32. The summed E-state index contributed by atoms with van der Waals surface area (Å²) in [6, 6.07) is 14.9. The second-order valence-electron chi connectivity index (χ2n) is 6.39. The molecule has 0 aliphatic carbocycles. The molecule has 0 amide bonds. The Balaban J connectivity index is 0.00000136. The first-order chi connectivity index (χ1) is 13.8. The Morgan fingerprint density at radius 2 is 1.79 bits per heavy atom. The molecule has 7 heteroatoms. The summed E-state index contributed by atoms with van der Waals surface area (Å²) in [7, 11) is 0.500. The summed E-state index contributed by atoms with van der Waals surface area (Å²) < 4.78 is 35.0. The largest absolute Gasteiger partial charge is 0.491 e. The average molecular weight is 386 g/mol. The van der Waals surface area contributed by atoms with Crippen LogP contribution in [0.1, 0.15) is 5.56 Å². The highest BCUT2D eigenvalue weighted by molar-refractivity contribution is 6.67. The number of rotatable bonds is 7. The Labute approximate surface area is 165 Å². The molecule has 0 unspecified atom stereocenters. The molecule has 0 N–H and O–H groups in total. The van der Waals surface area contributed by atoms with Gasteiger partial charge in [0.15, 0.2) is 0 Å². The van der Waals surface area contributed by atoms with Crippen LogP contribution in [-0.4, -0.2) is 40.2 Å². The number of halogens is 2. The molecule has 0 atom stereocenters. The maximum atomic E-state index is 14.4. The molecular formula is C21H25BF2N2O2. The molecule has 2 aromatic carbocycles. The van der Waals surface area contributed by atoms with Gasteiger partial charge in [-0.1, -0.05) is 30.3 Å². The van der Waals surface area contributed by atoms with E-state index < -0.39 is 0 Å². The van der Waals surface area contributed by atoms with E-state index >= 15 is 0 Å². The van der Waals surface area contributed by atoms with Crippen LogP contribution in [0.4, 0.5) is 14.5 Å². The van der Waals surface area contributed by atoms with Crippen LogP contribution in [0.15, 0.2) is 48.5 Å². The first-order valence-electron chi connectivity index (χ1n) is 9.32. The minimum absolute atomic E-state index is 0.0906. The van der Waals surface area contributed by atoms with Gasteiger partial charge in [-0.2, -0.15) is 0 Å². The van der Waals surface area contributed by atoms with Gasteiger partial charge in [0.25, 0.3) is 6.71 Å². The highest BCUT2D eigenvalue weighted by Gasteiger charge is 2.24. The van der Waals surface area contributed by atoms with E-state index in [0.29, 0.717) is 51.5 Å². The minimum Gasteiger partial charge on any atom is -0.491 e. The number of alkyl halides is 1. The van der Waals surface area contributed by atoms with Gasteiger partial charge in [-0.05, 0) is 30.3 Å². The molecule has 148 valence electrons. The first kappa shape index (κ1) is 21.7. The van der Waals surface area contributed by atoms with Crippen molar-refractivity contribution in [2.45, 2.75) is 19.2 Å². The molecule has 0 saturated carbocycles. The van der Waals surface area contributed by atoms with Gasteiger partial charge in [0.1, 0.15) is 18.2 Å². The molecule has 3 rings (SSSR count). The quantitative estimate of drug-likeness (QED) is 0.523. The van der Waals surface area contributed by atoms with E-state index in [1.54, 1.807) is 12.1 Å². The maximum Gasteiger partial charge on any atom is 0.271 e. The lowest BCUT2D eigenvalue weighted by Gasteiger charge is -2.30. The summed E-state index contributed by atoms with van der Waals surface area (Å²) in [5.74, 6) is 2.50. The second-order valence-corrected chi connectivity index (χ2v) is 6.39. The molecule has 2 aromatic rings. The predicted octanol–water partition coefficient (Wildman–Crippen LogP) is 4.38. The summed E-state index contributed by atoms with van der Waals surface area (Å²) in [5.41, 5.74) is 1.69. The second kappa shape index (κ2) is 12.0. The Morgan fingerprint density at radius 3 is 2.43 bits per heavy atom. The van der Waals surface area contributed by atoms with E-state index in [0.717, 1.165) is 18.2 Å². The van der Waals surface area contributed by atoms with Gasteiger partial charge in [0.05, 0.1) is 26.1 Å². The lowest BCUT2D eigenvalue weighted by molar-refractivity contribution is 0.0888. The molecule has 1 aliphatic heterocycles. The van der Waals surface area contributed by atoms with Gasteiger partial charge < -0.3 is 14.4 Å². The summed E-state index contributed by atoms with van der Waals surface area (Å²) >= 11 is 0. The van der Waals surface area contributed by atoms with Gasteiger partial charge in [-0.15, -0.1) is 0 Å². The van der Waals surface area contributed by atoms with E-state index in [1.165, 1.54) is 6.07 Å². The fourth-order valence-corrected chi connectivity index (χ4v) is 3.07. The summed E-state index contributed by atoms with van der Waals surface area (Å²) in [5, 5.41) is 8.95. The zero-order valence-electron chi connectivity index (χ0n) is 16.1. The van der Waals surface area contributed by atoms with E-state index in [1.807, 2.05) is 35.2 Å². The van der Waals surface area contributed by atoms with Crippen LogP contribution in [0.3, 0.4) is 0 Å². The summed E-state index contributed by atoms with van der Waals surface area (Å²) in [4.78, 5) is 2.00. The average Bonchev–Trinajstić information content (AvgIpc) is 2.76. The van der Waals surface area contributed by atoms with Crippen LogP contribution in [0.5, 0.6) is 5.75 Å². The van der Waals surface area contributed by atoms with Crippen molar-refractivity contribution < 1.29 is 18.3 Å². The molecule has 1 saturated heterocycles. The third-order valence-electron chi connectivity index (χ3n) is 4.55. The van der Waals surface area contributed by atoms with E-state index in [4.69, 9.17) is 14.7 Å². The number of hydrogen-bond acceptors (Lipinski definition) is 4. The van der Waals surface area contributed by atoms with Crippen LogP contribution in [0.2, 0.25) is 12.6 Å². The molecule has 0 aromatic heterocycles. The van der Waals surface area contributed by atoms with E-state index in [9.17, 15) is 8.78 Å². The van der Waals surface area contributed by atoms with Crippen molar-refractivity contribution in [3.63, 3.8) is 0 Å². The minimum atomic E-state index is -0.289. The normalized spacial score (nSPS) is 13.4. The molecule has 28 heavy (non-hydrogen) atoms. The van der Waals surface area contributed by atoms with Crippen LogP contribution in [0, 0.1) is 17.0 Å². The third-order valence-corrected chi connectivity index (χ3v) is 4.55. The fourth-order valence-electron chi connectivity index (χ4n) is 3.07. The standard InChI is InChI=1S/C20H22BFN2O2.CH3F/c22-19-14-18(26-13-12-25-15-17-4-2-1-3-5-17)6-7-20(19)24-10-8-21(16-23)9-11-24;1-2/h1-7,14H,8-13,15H2;1H3. The van der Waals surface area contributed by atoms with Crippen LogP contribution in [-0.2, 0) is 11.3 Å². The van der Waals surface area contributed by atoms with Gasteiger partial charge >= 0.3 is 0 Å². The van der Waals surface area contributed by atoms with Gasteiger partial charge in [-0.3, -0.25) is 4.39 Å². The van der Waals surface area contributed by atoms with Crippen molar-refractivity contribution in [1.29, 1.82) is 5.26 Å². The fraction of sp³-hybridized carbons (Fsp3) is 0.381. The third kappa shape index (κ3) is 6.54. The lowest BCUT2D eigenvalue weighted by Crippen LogP contribution is -2.36. The molecular weight excluding hydrogens is 361 g/mol. The maximum absolute atomic E-state index is 14.4. The Kier molecular flexibility index (Phi) is 9.30. The molecule has 1 aliphatic rings. The van der Waals surface area contributed by atoms with Crippen molar-refractivity contribution in [2.75, 3.05) is 38.4 Å². The summed E-state index contributed by atoms with van der Waals surface area (Å²) in [6.45, 7) is 2.87. The van der Waals surface area contributed by atoms with Gasteiger partial charge in [0, 0.05) is 25.1 Å². The number of nitrogens with zero attached hydrogens (tertiary/aromatic N) is 2. The van der Waals surface area contributed by atoms with Crippen molar-refractivity contribution in [3.8, 4) is 11.7 Å². The SMILES string of the molecule is CF.N#CB1CCN(c2ccc(OCCOCc3ccccc3)cc2F)CC1. The summed E-state index contributed by atoms with van der Waals surface area (Å²) in [6.07, 6.45) is 1.57. The molecule has 0 spiro atoms. The number of hydrogen-bond donors (Lipinski definition) is 0. The molecule has 0 bridgehead atoms. The van der Waals surface area contributed by atoms with E-state index in [-0.39, 0.29) is 12.5 Å². The predicted molar refractivity (Wildman–Crippen MR) is 108 cm³/mol. The number of ether oxygens (including phenoxy) is 2. The van der Waals surface area contributed by atoms with Crippen molar-refractivity contribution in [1.82, 2.24) is 0 Å². The lowest BCUT2D eigenvalue weighted by atomic mass is 9.45. The van der Waals surface area contributed by atoms with Gasteiger partial charge in [0.2, 0.25) is 0 Å². The number of anilines is 1. The molecule has 1 heterocycles. The highest BCUT2D eigenvalue weighted by Crippen LogP contribution is 2.27. The highest BCUT2D eigenvalue weighted by atomic mass is 19.1. The van der Waals surface area contributed by atoms with Crippen molar-refractivity contribution in [3.05, 3.63) is 59.9 Å². The molecule has 1 fully saturated rings. The van der Waals surface area contributed by atoms with Crippen molar-refractivity contribution in [2.24, 2.45) is 0 Å². The van der Waals surface area contributed by atoms with Gasteiger partial charge in [-0.25, -0.2) is 9.65 Å². The smallest absolute Gasteiger partial charge is 0.271 e. The number of benzene rings is 2. The Morgan fingerprint density at radius 1 is 1.07 bits per heavy atom. The van der Waals surface area contributed by atoms with Crippen molar-refractivity contribution >= 4 is 12.4 Å².